The molecule has 1 rings (SSSR count). The monoisotopic (exact) mass is 360 g/mol. The average Bonchev–Trinajstić information content (AvgIpc) is 2.42. The van der Waals surface area contributed by atoms with Gasteiger partial charge in [0.1, 0.15) is 4.99 Å². The third-order valence-corrected chi connectivity index (χ3v) is 3.80. The first-order chi connectivity index (χ1) is 9.60. The maximum Gasteiger partial charge on any atom is 0.105 e. The Morgan fingerprint density at radius 3 is 2.50 bits per heavy atom. The molecule has 0 aliphatic carbocycles. The van der Waals surface area contributed by atoms with Crippen LogP contribution in [-0.2, 0) is 9.47 Å². The van der Waals surface area contributed by atoms with Crippen LogP contribution in [0, 0.1) is 0 Å². The Bertz CT molecular complexity index is 443. The second-order valence-corrected chi connectivity index (χ2v) is 5.65. The van der Waals surface area contributed by atoms with Crippen molar-refractivity contribution in [2.24, 2.45) is 5.73 Å². The van der Waals surface area contributed by atoms with E-state index in [1.165, 1.54) is 0 Å². The second-order valence-electron chi connectivity index (χ2n) is 4.35. The number of benzene rings is 1. The molecule has 0 heterocycles. The van der Waals surface area contributed by atoms with Gasteiger partial charge >= 0.3 is 0 Å². The van der Waals surface area contributed by atoms with E-state index >= 15 is 0 Å². The van der Waals surface area contributed by atoms with Gasteiger partial charge in [0.05, 0.1) is 6.61 Å². The molecule has 0 spiro atoms. The number of halogens is 1. The van der Waals surface area contributed by atoms with Crippen LogP contribution in [0.4, 0.5) is 5.69 Å². The predicted molar refractivity (Wildman–Crippen MR) is 90.6 cm³/mol. The largest absolute Gasteiger partial charge is 0.389 e. The Labute approximate surface area is 134 Å². The highest BCUT2D eigenvalue weighted by Gasteiger charge is 2.10. The lowest BCUT2D eigenvalue weighted by Gasteiger charge is -2.25. The molecule has 0 aliphatic heterocycles. The minimum absolute atomic E-state index is 0.395. The number of hydrogen-bond donors (Lipinski definition) is 1. The van der Waals surface area contributed by atoms with Gasteiger partial charge < -0.3 is 20.1 Å². The van der Waals surface area contributed by atoms with Crippen LogP contribution in [-0.4, -0.2) is 45.5 Å². The number of methoxy groups -OCH3 is 2. The topological polar surface area (TPSA) is 47.7 Å². The van der Waals surface area contributed by atoms with E-state index in [0.29, 0.717) is 11.6 Å². The van der Waals surface area contributed by atoms with Gasteiger partial charge in [-0.2, -0.15) is 0 Å². The zero-order chi connectivity index (χ0) is 15.0. The molecule has 6 heteroatoms. The van der Waals surface area contributed by atoms with Crippen LogP contribution < -0.4 is 10.6 Å². The summed E-state index contributed by atoms with van der Waals surface area (Å²) in [5, 5.41) is 0. The number of hydrogen-bond acceptors (Lipinski definition) is 4. The Kier molecular flexibility index (Phi) is 8.06. The van der Waals surface area contributed by atoms with Gasteiger partial charge in [-0.15, -0.1) is 0 Å². The van der Waals surface area contributed by atoms with Gasteiger partial charge in [-0.25, -0.2) is 0 Å². The SMILES string of the molecule is COCCCN(CCOC)c1ccc(C(N)=S)c(Br)c1. The van der Waals surface area contributed by atoms with E-state index in [1.807, 2.05) is 18.2 Å². The maximum atomic E-state index is 5.67. The summed E-state index contributed by atoms with van der Waals surface area (Å²) in [6.07, 6.45) is 0.967. The van der Waals surface area contributed by atoms with Gasteiger partial charge in [-0.3, -0.25) is 0 Å². The summed E-state index contributed by atoms with van der Waals surface area (Å²) >= 11 is 8.53. The average molecular weight is 361 g/mol. The molecule has 4 nitrogen and oxygen atoms in total. The van der Waals surface area contributed by atoms with E-state index in [4.69, 9.17) is 27.4 Å². The van der Waals surface area contributed by atoms with E-state index < -0.39 is 0 Å². The molecule has 0 saturated carbocycles. The molecule has 0 bridgehead atoms. The van der Waals surface area contributed by atoms with Crippen molar-refractivity contribution in [2.45, 2.75) is 6.42 Å². The first kappa shape index (κ1) is 17.4. The van der Waals surface area contributed by atoms with Crippen LogP contribution in [0.3, 0.4) is 0 Å². The molecule has 112 valence electrons. The standard InChI is InChI=1S/C14H21BrN2O2S/c1-18-8-3-6-17(7-9-19-2)11-4-5-12(14(16)20)13(15)10-11/h4-5,10H,3,6-9H2,1-2H3,(H2,16,20). The highest BCUT2D eigenvalue weighted by molar-refractivity contribution is 9.10. The molecule has 0 atom stereocenters. The number of ether oxygens (including phenoxy) is 2. The predicted octanol–water partition coefficient (Wildman–Crippen LogP) is 2.57. The molecule has 0 aliphatic rings. The summed E-state index contributed by atoms with van der Waals surface area (Å²) in [5.41, 5.74) is 7.64. The lowest BCUT2D eigenvalue weighted by Crippen LogP contribution is -2.29. The summed E-state index contributed by atoms with van der Waals surface area (Å²) in [5.74, 6) is 0. The van der Waals surface area contributed by atoms with Crippen molar-refractivity contribution >= 4 is 38.8 Å². The quantitative estimate of drug-likeness (QED) is 0.541. The summed E-state index contributed by atoms with van der Waals surface area (Å²) in [4.78, 5) is 2.66. The van der Waals surface area contributed by atoms with Crippen LogP contribution in [0.5, 0.6) is 0 Å². The lowest BCUT2D eigenvalue weighted by molar-refractivity contribution is 0.191. The van der Waals surface area contributed by atoms with E-state index in [9.17, 15) is 0 Å². The van der Waals surface area contributed by atoms with Crippen LogP contribution in [0.15, 0.2) is 22.7 Å². The molecule has 0 aromatic heterocycles. The van der Waals surface area contributed by atoms with Crippen molar-refractivity contribution in [1.29, 1.82) is 0 Å². The second kappa shape index (κ2) is 9.28. The third-order valence-electron chi connectivity index (χ3n) is 2.93. The van der Waals surface area contributed by atoms with Gasteiger partial charge in [0.15, 0.2) is 0 Å². The third kappa shape index (κ3) is 5.36. The van der Waals surface area contributed by atoms with Gasteiger partial charge in [0, 0.05) is 49.6 Å². The van der Waals surface area contributed by atoms with Crippen molar-refractivity contribution in [3.63, 3.8) is 0 Å². The zero-order valence-electron chi connectivity index (χ0n) is 11.9. The van der Waals surface area contributed by atoms with E-state index in [1.54, 1.807) is 14.2 Å². The van der Waals surface area contributed by atoms with Crippen molar-refractivity contribution in [1.82, 2.24) is 0 Å². The summed E-state index contributed by atoms with van der Waals surface area (Å²) in [6.45, 7) is 3.17. The van der Waals surface area contributed by atoms with E-state index in [0.717, 1.165) is 41.8 Å². The smallest absolute Gasteiger partial charge is 0.105 e. The van der Waals surface area contributed by atoms with Gasteiger partial charge in [-0.05, 0) is 40.5 Å². The number of anilines is 1. The van der Waals surface area contributed by atoms with Crippen LogP contribution in [0.1, 0.15) is 12.0 Å². The Balaban J connectivity index is 2.83. The molecule has 2 N–H and O–H groups in total. The summed E-state index contributed by atoms with van der Waals surface area (Å²) in [6, 6.07) is 6.01. The minimum Gasteiger partial charge on any atom is -0.389 e. The molecule has 20 heavy (non-hydrogen) atoms. The van der Waals surface area contributed by atoms with Crippen molar-refractivity contribution < 1.29 is 9.47 Å². The highest BCUT2D eigenvalue weighted by atomic mass is 79.9. The number of thiocarbonyl (C=S) groups is 1. The fourth-order valence-electron chi connectivity index (χ4n) is 1.87. The number of nitrogens with two attached hydrogens (primary N) is 1. The summed E-state index contributed by atoms with van der Waals surface area (Å²) in [7, 11) is 3.42. The van der Waals surface area contributed by atoms with Crippen LogP contribution in [0.25, 0.3) is 0 Å². The molecule has 0 fully saturated rings. The molecule has 0 unspecified atom stereocenters. The van der Waals surface area contributed by atoms with Crippen molar-refractivity contribution in [2.75, 3.05) is 45.4 Å². The van der Waals surface area contributed by atoms with Gasteiger partial charge in [-0.1, -0.05) is 12.2 Å². The molecule has 0 amide bonds. The van der Waals surface area contributed by atoms with Crippen LogP contribution >= 0.6 is 28.1 Å². The minimum atomic E-state index is 0.395. The first-order valence-electron chi connectivity index (χ1n) is 6.42. The van der Waals surface area contributed by atoms with E-state index in [2.05, 4.69) is 20.8 Å². The Morgan fingerprint density at radius 2 is 1.95 bits per heavy atom. The summed E-state index contributed by atoms with van der Waals surface area (Å²) < 4.78 is 11.2. The maximum absolute atomic E-state index is 5.67. The molecule has 1 aromatic carbocycles. The molecule has 0 radical (unpaired) electrons. The molecule has 1 aromatic rings. The van der Waals surface area contributed by atoms with E-state index in [-0.39, 0.29) is 0 Å². The Hall–Kier alpha value is -0.690. The van der Waals surface area contributed by atoms with Crippen LogP contribution in [0.2, 0.25) is 0 Å². The number of rotatable bonds is 9. The fraction of sp³-hybridized carbons (Fsp3) is 0.500. The van der Waals surface area contributed by atoms with Crippen molar-refractivity contribution in [3.05, 3.63) is 28.2 Å². The number of nitrogens with zero attached hydrogens (tertiary/aromatic N) is 1. The zero-order valence-corrected chi connectivity index (χ0v) is 14.3. The molecule has 0 saturated heterocycles. The molecular weight excluding hydrogens is 340 g/mol. The fourth-order valence-corrected chi connectivity index (χ4v) is 2.76. The van der Waals surface area contributed by atoms with Crippen molar-refractivity contribution in [3.8, 4) is 0 Å². The highest BCUT2D eigenvalue weighted by Crippen LogP contribution is 2.24. The first-order valence-corrected chi connectivity index (χ1v) is 7.62. The normalized spacial score (nSPS) is 10.6. The Morgan fingerprint density at radius 1 is 1.25 bits per heavy atom. The van der Waals surface area contributed by atoms with Gasteiger partial charge in [0.2, 0.25) is 0 Å². The molecular formula is C14H21BrN2O2S. The van der Waals surface area contributed by atoms with Gasteiger partial charge in [0.25, 0.3) is 0 Å². The lowest BCUT2D eigenvalue weighted by atomic mass is 10.2.